The molecular weight excluding hydrogens is 643 g/mol. The molecule has 0 N–H and O–H groups in total. The minimum absolute atomic E-state index is 0.655. The van der Waals surface area contributed by atoms with Crippen LogP contribution >= 0.6 is 0 Å². The molecule has 11 aromatic rings. The number of nitriles is 1. The Bertz CT molecular complexity index is 3270. The molecule has 3 heteroatoms. The summed E-state index contributed by atoms with van der Waals surface area (Å²) >= 11 is 0. The van der Waals surface area contributed by atoms with Crippen molar-refractivity contribution in [3.05, 3.63) is 182 Å². The van der Waals surface area contributed by atoms with Gasteiger partial charge in [0, 0.05) is 33.6 Å². The first-order valence-electron chi connectivity index (χ1n) is 17.9. The standard InChI is InChI=1S/C50H29N3/c51-30-31-11-21-42-43-24-20-37(29-47(43)53(46(42)28-31)38-8-2-1-3-9-38)40-23-17-35-18-25-44-39(22-16-34-19-26-45(40)49(35)48(34)44)32-12-14-33(15-13-32)41-10-4-6-36-7-5-27-52-50(36)41/h1-29H. The Morgan fingerprint density at radius 1 is 0.434 bits per heavy atom. The van der Waals surface area contributed by atoms with Gasteiger partial charge >= 0.3 is 0 Å². The number of nitrogens with zero attached hydrogens (tertiary/aromatic N) is 3. The number of aromatic nitrogens is 2. The highest BCUT2D eigenvalue weighted by Gasteiger charge is 2.18. The van der Waals surface area contributed by atoms with Crippen LogP contribution in [0.3, 0.4) is 0 Å². The number of hydrogen-bond acceptors (Lipinski definition) is 2. The summed E-state index contributed by atoms with van der Waals surface area (Å²) in [6, 6.07) is 63.2. The fourth-order valence-corrected chi connectivity index (χ4v) is 8.58. The number of benzene rings is 9. The third-order valence-electron chi connectivity index (χ3n) is 11.0. The number of hydrogen-bond donors (Lipinski definition) is 0. The molecule has 0 aliphatic carbocycles. The first-order chi connectivity index (χ1) is 26.2. The smallest absolute Gasteiger partial charge is 0.0992 e. The Labute approximate surface area is 305 Å². The highest BCUT2D eigenvalue weighted by molar-refractivity contribution is 6.27. The van der Waals surface area contributed by atoms with Gasteiger partial charge in [-0.05, 0) is 96.5 Å². The number of rotatable bonds is 4. The molecule has 0 amide bonds. The third kappa shape index (κ3) is 4.43. The van der Waals surface area contributed by atoms with Crippen molar-refractivity contribution < 1.29 is 0 Å². The van der Waals surface area contributed by atoms with E-state index in [1.807, 2.05) is 30.5 Å². The maximum atomic E-state index is 9.75. The van der Waals surface area contributed by atoms with E-state index in [-0.39, 0.29) is 0 Å². The quantitative estimate of drug-likeness (QED) is 0.175. The molecule has 0 aliphatic heterocycles. The van der Waals surface area contributed by atoms with Crippen LogP contribution < -0.4 is 0 Å². The number of para-hydroxylation sites is 2. The molecule has 0 fully saturated rings. The Morgan fingerprint density at radius 3 is 1.74 bits per heavy atom. The van der Waals surface area contributed by atoms with Gasteiger partial charge in [-0.1, -0.05) is 133 Å². The van der Waals surface area contributed by atoms with Crippen LogP contribution in [0.15, 0.2) is 176 Å². The molecule has 53 heavy (non-hydrogen) atoms. The van der Waals surface area contributed by atoms with Crippen molar-refractivity contribution >= 4 is 65.0 Å². The summed E-state index contributed by atoms with van der Waals surface area (Å²) in [6.45, 7) is 0. The zero-order chi connectivity index (χ0) is 35.0. The Hall–Kier alpha value is -7.28. The van der Waals surface area contributed by atoms with Crippen LogP contribution in [0.1, 0.15) is 5.56 Å². The molecule has 11 rings (SSSR count). The van der Waals surface area contributed by atoms with Crippen LogP contribution in [0.25, 0.3) is 104 Å². The second kappa shape index (κ2) is 11.4. The van der Waals surface area contributed by atoms with E-state index in [9.17, 15) is 5.26 Å². The molecule has 3 nitrogen and oxygen atoms in total. The van der Waals surface area contributed by atoms with E-state index >= 15 is 0 Å². The van der Waals surface area contributed by atoms with Crippen molar-refractivity contribution in [2.24, 2.45) is 0 Å². The number of fused-ring (bicyclic) bond motifs is 4. The summed E-state index contributed by atoms with van der Waals surface area (Å²) in [5.74, 6) is 0. The van der Waals surface area contributed by atoms with Gasteiger partial charge in [0.1, 0.15) is 0 Å². The van der Waals surface area contributed by atoms with Crippen LogP contribution in [0.2, 0.25) is 0 Å². The lowest BCUT2D eigenvalue weighted by Gasteiger charge is -2.17. The van der Waals surface area contributed by atoms with Gasteiger partial charge in [-0.15, -0.1) is 0 Å². The van der Waals surface area contributed by atoms with E-state index in [0.717, 1.165) is 49.7 Å². The van der Waals surface area contributed by atoms with Gasteiger partial charge in [0.2, 0.25) is 0 Å². The zero-order valence-electron chi connectivity index (χ0n) is 28.6. The average Bonchev–Trinajstić information content (AvgIpc) is 3.55. The van der Waals surface area contributed by atoms with Crippen molar-refractivity contribution in [1.29, 1.82) is 5.26 Å². The molecule has 0 saturated heterocycles. The molecule has 0 atom stereocenters. The van der Waals surface area contributed by atoms with Crippen molar-refractivity contribution in [2.45, 2.75) is 0 Å². The SMILES string of the molecule is N#Cc1ccc2c3ccc(-c4ccc5ccc6c(-c7ccc(-c8cccc9cccnc89)cc7)ccc7ccc4c5c76)cc3n(-c3ccccc3)c2c1. The fourth-order valence-electron chi connectivity index (χ4n) is 8.58. The van der Waals surface area contributed by atoms with Crippen molar-refractivity contribution in [3.8, 4) is 45.1 Å². The molecule has 2 aromatic heterocycles. The van der Waals surface area contributed by atoms with E-state index in [1.54, 1.807) is 0 Å². The molecule has 0 saturated carbocycles. The topological polar surface area (TPSA) is 41.6 Å². The minimum Gasteiger partial charge on any atom is -0.309 e. The molecule has 0 radical (unpaired) electrons. The van der Waals surface area contributed by atoms with Crippen LogP contribution in [0, 0.1) is 11.3 Å². The molecule has 244 valence electrons. The Balaban J connectivity index is 1.08. The van der Waals surface area contributed by atoms with Crippen LogP contribution in [0.4, 0.5) is 0 Å². The van der Waals surface area contributed by atoms with E-state index in [0.29, 0.717) is 5.56 Å². The molecule has 0 aliphatic rings. The number of pyridine rings is 1. The molecule has 0 bridgehead atoms. The summed E-state index contributed by atoms with van der Waals surface area (Å²) < 4.78 is 2.29. The Morgan fingerprint density at radius 2 is 1.02 bits per heavy atom. The van der Waals surface area contributed by atoms with Crippen LogP contribution in [-0.4, -0.2) is 9.55 Å². The second-order valence-electron chi connectivity index (χ2n) is 13.9. The van der Waals surface area contributed by atoms with Gasteiger partial charge < -0.3 is 4.57 Å². The molecule has 9 aromatic carbocycles. The monoisotopic (exact) mass is 671 g/mol. The first kappa shape index (κ1) is 29.5. The van der Waals surface area contributed by atoms with E-state index in [1.165, 1.54) is 54.4 Å². The normalized spacial score (nSPS) is 11.8. The van der Waals surface area contributed by atoms with Gasteiger partial charge in [-0.2, -0.15) is 5.26 Å². The lowest BCUT2D eigenvalue weighted by Crippen LogP contribution is -1.94. The predicted molar refractivity (Wildman–Crippen MR) is 221 cm³/mol. The Kier molecular flexibility index (Phi) is 6.32. The highest BCUT2D eigenvalue weighted by Crippen LogP contribution is 2.44. The summed E-state index contributed by atoms with van der Waals surface area (Å²) in [4.78, 5) is 4.69. The van der Waals surface area contributed by atoms with Crippen LogP contribution in [-0.2, 0) is 0 Å². The zero-order valence-corrected chi connectivity index (χ0v) is 28.6. The van der Waals surface area contributed by atoms with Crippen molar-refractivity contribution in [2.75, 3.05) is 0 Å². The summed E-state index contributed by atoms with van der Waals surface area (Å²) in [7, 11) is 0. The van der Waals surface area contributed by atoms with E-state index in [4.69, 9.17) is 4.98 Å². The summed E-state index contributed by atoms with van der Waals surface area (Å²) in [5.41, 5.74) is 12.0. The van der Waals surface area contributed by atoms with E-state index < -0.39 is 0 Å². The second-order valence-corrected chi connectivity index (χ2v) is 13.9. The third-order valence-corrected chi connectivity index (χ3v) is 11.0. The van der Waals surface area contributed by atoms with Crippen LogP contribution in [0.5, 0.6) is 0 Å². The minimum atomic E-state index is 0.655. The fraction of sp³-hybridized carbons (Fsp3) is 0. The predicted octanol–water partition coefficient (Wildman–Crippen LogP) is 13.1. The van der Waals surface area contributed by atoms with Crippen molar-refractivity contribution in [1.82, 2.24) is 9.55 Å². The van der Waals surface area contributed by atoms with Gasteiger partial charge in [-0.3, -0.25) is 4.98 Å². The molecule has 2 heterocycles. The first-order valence-corrected chi connectivity index (χ1v) is 17.9. The molecule has 0 unspecified atom stereocenters. The maximum Gasteiger partial charge on any atom is 0.0992 e. The highest BCUT2D eigenvalue weighted by atomic mass is 15.0. The molecule has 0 spiro atoms. The largest absolute Gasteiger partial charge is 0.309 e. The van der Waals surface area contributed by atoms with Gasteiger partial charge in [-0.25, -0.2) is 0 Å². The van der Waals surface area contributed by atoms with Crippen molar-refractivity contribution in [3.63, 3.8) is 0 Å². The lowest BCUT2D eigenvalue weighted by molar-refractivity contribution is 1.18. The van der Waals surface area contributed by atoms with Gasteiger partial charge in [0.05, 0.1) is 28.2 Å². The summed E-state index contributed by atoms with van der Waals surface area (Å²) in [6.07, 6.45) is 1.87. The van der Waals surface area contributed by atoms with Gasteiger partial charge in [0.15, 0.2) is 0 Å². The van der Waals surface area contributed by atoms with E-state index in [2.05, 4.69) is 156 Å². The lowest BCUT2D eigenvalue weighted by atomic mass is 9.87. The average molecular weight is 672 g/mol. The maximum absolute atomic E-state index is 9.75. The summed E-state index contributed by atoms with van der Waals surface area (Å²) in [5, 5.41) is 20.8. The molecular formula is C50H29N3. The van der Waals surface area contributed by atoms with Gasteiger partial charge in [0.25, 0.3) is 0 Å².